The first kappa shape index (κ1) is 11.2. The largest absolute Gasteiger partial charge is 0.382 e. The lowest BCUT2D eigenvalue weighted by Gasteiger charge is -2.06. The summed E-state index contributed by atoms with van der Waals surface area (Å²) >= 11 is 0. The van der Waals surface area contributed by atoms with Gasteiger partial charge in [0.1, 0.15) is 5.56 Å². The Bertz CT molecular complexity index is 586. The molecule has 2 aromatic rings. The summed E-state index contributed by atoms with van der Waals surface area (Å²) in [6.07, 6.45) is 1.55. The molecular weight excluding hydrogens is 216 g/mol. The number of hydrogen-bond donors (Lipinski definition) is 2. The Hall–Kier alpha value is -2.30. The third-order valence-corrected chi connectivity index (χ3v) is 2.61. The number of anilines is 1. The minimum atomic E-state index is -0.571. The summed E-state index contributed by atoms with van der Waals surface area (Å²) in [6, 6.07) is 5.95. The summed E-state index contributed by atoms with van der Waals surface area (Å²) in [5, 5.41) is 4.09. The van der Waals surface area contributed by atoms with Gasteiger partial charge < -0.3 is 11.5 Å². The summed E-state index contributed by atoms with van der Waals surface area (Å²) in [5.74, 6) is -0.420. The number of nitrogen functional groups attached to an aromatic ring is 1. The lowest BCUT2D eigenvalue weighted by molar-refractivity contribution is 0.100. The molecule has 5 heteroatoms. The van der Waals surface area contributed by atoms with Crippen LogP contribution in [-0.4, -0.2) is 15.7 Å². The fraction of sp³-hybridized carbons (Fsp3) is 0.167. The van der Waals surface area contributed by atoms with Crippen LogP contribution in [0.1, 0.15) is 21.5 Å². The van der Waals surface area contributed by atoms with Crippen molar-refractivity contribution >= 4 is 11.7 Å². The van der Waals surface area contributed by atoms with Gasteiger partial charge in [0, 0.05) is 6.20 Å². The van der Waals surface area contributed by atoms with Crippen LogP contribution in [-0.2, 0) is 0 Å². The van der Waals surface area contributed by atoms with Crippen molar-refractivity contribution in [1.82, 2.24) is 9.78 Å². The molecule has 0 unspecified atom stereocenters. The summed E-state index contributed by atoms with van der Waals surface area (Å²) in [6.45, 7) is 3.99. The average Bonchev–Trinajstić information content (AvgIpc) is 2.60. The second-order valence-corrected chi connectivity index (χ2v) is 4.03. The summed E-state index contributed by atoms with van der Waals surface area (Å²) in [4.78, 5) is 11.1. The van der Waals surface area contributed by atoms with Crippen molar-refractivity contribution in [2.24, 2.45) is 5.73 Å². The minimum Gasteiger partial charge on any atom is -0.382 e. The Morgan fingerprint density at radius 2 is 2.06 bits per heavy atom. The van der Waals surface area contributed by atoms with E-state index >= 15 is 0 Å². The Balaban J connectivity index is 2.53. The van der Waals surface area contributed by atoms with Crippen molar-refractivity contribution in [2.45, 2.75) is 13.8 Å². The highest BCUT2D eigenvalue weighted by Gasteiger charge is 2.12. The van der Waals surface area contributed by atoms with Crippen molar-refractivity contribution < 1.29 is 4.79 Å². The number of benzene rings is 1. The molecule has 0 fully saturated rings. The van der Waals surface area contributed by atoms with Crippen molar-refractivity contribution in [3.63, 3.8) is 0 Å². The van der Waals surface area contributed by atoms with Crippen molar-refractivity contribution in [3.05, 3.63) is 41.1 Å². The van der Waals surface area contributed by atoms with Crippen LogP contribution in [0.15, 0.2) is 24.4 Å². The fourth-order valence-electron chi connectivity index (χ4n) is 1.76. The number of carbonyl (C=O) groups is 1. The summed E-state index contributed by atoms with van der Waals surface area (Å²) in [5.41, 5.74) is 14.2. The molecule has 1 aromatic heterocycles. The van der Waals surface area contributed by atoms with Gasteiger partial charge in [0.15, 0.2) is 5.82 Å². The standard InChI is InChI=1S/C12H14N4O/c1-7-3-4-10(8(2)5-7)16-6-9(12(14)17)11(13)15-16/h3-6H,1-2H3,(H2,13,15)(H2,14,17). The highest BCUT2D eigenvalue weighted by Crippen LogP contribution is 2.18. The Kier molecular flexibility index (Phi) is 2.59. The lowest BCUT2D eigenvalue weighted by atomic mass is 10.1. The van der Waals surface area contributed by atoms with Gasteiger partial charge in [0.2, 0.25) is 0 Å². The van der Waals surface area contributed by atoms with Crippen molar-refractivity contribution in [3.8, 4) is 5.69 Å². The number of nitrogens with zero attached hydrogens (tertiary/aromatic N) is 2. The predicted molar refractivity (Wildman–Crippen MR) is 66.0 cm³/mol. The van der Waals surface area contributed by atoms with E-state index in [1.54, 1.807) is 10.9 Å². The first-order chi connectivity index (χ1) is 7.99. The number of aromatic nitrogens is 2. The molecule has 0 aliphatic carbocycles. The van der Waals surface area contributed by atoms with Crippen molar-refractivity contribution in [1.29, 1.82) is 0 Å². The molecule has 1 aromatic carbocycles. The number of rotatable bonds is 2. The Morgan fingerprint density at radius 3 is 2.59 bits per heavy atom. The average molecular weight is 230 g/mol. The van der Waals surface area contributed by atoms with E-state index in [-0.39, 0.29) is 11.4 Å². The lowest BCUT2D eigenvalue weighted by Crippen LogP contribution is -2.11. The van der Waals surface area contributed by atoms with E-state index in [0.29, 0.717) is 0 Å². The molecule has 4 N–H and O–H groups in total. The van der Waals surface area contributed by atoms with Crippen molar-refractivity contribution in [2.75, 3.05) is 5.73 Å². The molecule has 0 aliphatic heterocycles. The number of hydrogen-bond acceptors (Lipinski definition) is 3. The summed E-state index contributed by atoms with van der Waals surface area (Å²) in [7, 11) is 0. The number of primary amides is 1. The zero-order valence-electron chi connectivity index (χ0n) is 9.77. The molecule has 0 aliphatic rings. The molecule has 1 amide bonds. The van der Waals surface area contributed by atoms with Crippen LogP contribution in [0.2, 0.25) is 0 Å². The quantitative estimate of drug-likeness (QED) is 0.811. The van der Waals surface area contributed by atoms with E-state index in [9.17, 15) is 4.79 Å². The second-order valence-electron chi connectivity index (χ2n) is 4.03. The van der Waals surface area contributed by atoms with E-state index in [1.807, 2.05) is 32.0 Å². The van der Waals surface area contributed by atoms with Gasteiger partial charge in [0.25, 0.3) is 5.91 Å². The molecular formula is C12H14N4O. The first-order valence-corrected chi connectivity index (χ1v) is 5.21. The van der Waals surface area contributed by atoms with Crippen LogP contribution in [0.25, 0.3) is 5.69 Å². The van der Waals surface area contributed by atoms with Gasteiger partial charge in [-0.15, -0.1) is 5.10 Å². The topological polar surface area (TPSA) is 86.9 Å². The SMILES string of the molecule is Cc1ccc(-n2cc(C(N)=O)c(N)n2)c(C)c1. The number of nitrogens with two attached hydrogens (primary N) is 2. The Labute approximate surface area is 99.0 Å². The molecule has 88 valence electrons. The van der Waals surface area contributed by atoms with E-state index < -0.39 is 5.91 Å². The molecule has 0 atom stereocenters. The fourth-order valence-corrected chi connectivity index (χ4v) is 1.76. The van der Waals surface area contributed by atoms with Gasteiger partial charge in [-0.25, -0.2) is 4.68 Å². The maximum atomic E-state index is 11.1. The highest BCUT2D eigenvalue weighted by molar-refractivity contribution is 5.97. The maximum absolute atomic E-state index is 11.1. The third-order valence-electron chi connectivity index (χ3n) is 2.61. The van der Waals surface area contributed by atoms with Crippen LogP contribution < -0.4 is 11.5 Å². The molecule has 0 bridgehead atoms. The normalized spacial score (nSPS) is 10.5. The van der Waals surface area contributed by atoms with Gasteiger partial charge in [-0.2, -0.15) is 0 Å². The minimum absolute atomic E-state index is 0.150. The van der Waals surface area contributed by atoms with Crippen LogP contribution >= 0.6 is 0 Å². The van der Waals surface area contributed by atoms with Gasteiger partial charge in [-0.1, -0.05) is 17.7 Å². The molecule has 0 radical (unpaired) electrons. The molecule has 0 saturated heterocycles. The molecule has 1 heterocycles. The molecule has 0 spiro atoms. The zero-order valence-corrected chi connectivity index (χ0v) is 9.77. The Morgan fingerprint density at radius 1 is 1.35 bits per heavy atom. The van der Waals surface area contributed by atoms with Crippen LogP contribution in [0.4, 0.5) is 5.82 Å². The van der Waals surface area contributed by atoms with Gasteiger partial charge >= 0.3 is 0 Å². The monoisotopic (exact) mass is 230 g/mol. The van der Waals surface area contributed by atoms with Gasteiger partial charge in [0.05, 0.1) is 5.69 Å². The summed E-state index contributed by atoms with van der Waals surface area (Å²) < 4.78 is 1.57. The number of carbonyl (C=O) groups excluding carboxylic acids is 1. The van der Waals surface area contributed by atoms with E-state index in [2.05, 4.69) is 5.10 Å². The van der Waals surface area contributed by atoms with E-state index in [1.165, 1.54) is 5.56 Å². The van der Waals surface area contributed by atoms with Crippen LogP contribution in [0.5, 0.6) is 0 Å². The van der Waals surface area contributed by atoms with Gasteiger partial charge in [-0.3, -0.25) is 4.79 Å². The third kappa shape index (κ3) is 1.99. The number of aryl methyl sites for hydroxylation is 2. The smallest absolute Gasteiger partial charge is 0.254 e. The molecule has 2 rings (SSSR count). The first-order valence-electron chi connectivity index (χ1n) is 5.21. The zero-order chi connectivity index (χ0) is 12.6. The van der Waals surface area contributed by atoms with Crippen LogP contribution in [0.3, 0.4) is 0 Å². The van der Waals surface area contributed by atoms with E-state index in [4.69, 9.17) is 11.5 Å². The van der Waals surface area contributed by atoms with Crippen LogP contribution in [0, 0.1) is 13.8 Å². The number of amides is 1. The predicted octanol–water partition coefficient (Wildman–Crippen LogP) is 1.17. The highest BCUT2D eigenvalue weighted by atomic mass is 16.1. The van der Waals surface area contributed by atoms with E-state index in [0.717, 1.165) is 11.3 Å². The molecule has 17 heavy (non-hydrogen) atoms. The molecule has 0 saturated carbocycles. The molecule has 5 nitrogen and oxygen atoms in total. The second kappa shape index (κ2) is 3.93. The maximum Gasteiger partial charge on any atom is 0.254 e. The van der Waals surface area contributed by atoms with Gasteiger partial charge in [-0.05, 0) is 25.5 Å².